The fourth-order valence-corrected chi connectivity index (χ4v) is 4.18. The Bertz CT molecular complexity index is 645. The molecule has 3 rings (SSSR count). The van der Waals surface area contributed by atoms with Gasteiger partial charge in [-0.15, -0.1) is 0 Å². The minimum Gasteiger partial charge on any atom is -0.458 e. The third-order valence-electron chi connectivity index (χ3n) is 5.41. The number of carbonyl (C=O) groups excluding carboxylic acids is 2. The molecule has 5 unspecified atom stereocenters. The SMILES string of the molecule is O=C1OC2C(O)C3CC2C1(C(=O)OC(C(F)(F)F)(C(F)(F)F)C(F)(F)F)C3. The minimum absolute atomic E-state index is 0.191. The molecule has 2 bridgehead atoms. The molecule has 5 atom stereocenters. The van der Waals surface area contributed by atoms with Crippen LogP contribution in [0.25, 0.3) is 0 Å². The van der Waals surface area contributed by atoms with E-state index in [4.69, 9.17) is 0 Å². The molecule has 3 fully saturated rings. The van der Waals surface area contributed by atoms with Crippen LogP contribution in [0, 0.1) is 17.3 Å². The second-order valence-corrected chi connectivity index (χ2v) is 6.70. The Hall–Kier alpha value is -1.73. The van der Waals surface area contributed by atoms with Gasteiger partial charge in [-0.25, -0.2) is 0 Å². The van der Waals surface area contributed by atoms with Gasteiger partial charge in [-0.2, -0.15) is 39.5 Å². The van der Waals surface area contributed by atoms with Crippen molar-refractivity contribution in [3.63, 3.8) is 0 Å². The average molecular weight is 416 g/mol. The van der Waals surface area contributed by atoms with E-state index >= 15 is 0 Å². The summed E-state index contributed by atoms with van der Waals surface area (Å²) in [6.07, 6.45) is -25.0. The van der Waals surface area contributed by atoms with Gasteiger partial charge in [-0.3, -0.25) is 9.59 Å². The lowest BCUT2D eigenvalue weighted by atomic mass is 9.73. The lowest BCUT2D eigenvalue weighted by Crippen LogP contribution is -2.69. The van der Waals surface area contributed by atoms with Gasteiger partial charge in [0.2, 0.25) is 0 Å². The Morgan fingerprint density at radius 2 is 1.52 bits per heavy atom. The van der Waals surface area contributed by atoms with Gasteiger partial charge < -0.3 is 14.6 Å². The van der Waals surface area contributed by atoms with E-state index in [1.54, 1.807) is 0 Å². The van der Waals surface area contributed by atoms with Crippen molar-refractivity contribution in [3.05, 3.63) is 0 Å². The van der Waals surface area contributed by atoms with Crippen molar-refractivity contribution in [2.24, 2.45) is 17.3 Å². The number of halogens is 9. The highest BCUT2D eigenvalue weighted by Gasteiger charge is 2.88. The molecule has 0 amide bonds. The van der Waals surface area contributed by atoms with Crippen LogP contribution in [-0.4, -0.2) is 53.4 Å². The Balaban J connectivity index is 2.06. The van der Waals surface area contributed by atoms with E-state index in [0.717, 1.165) is 0 Å². The third kappa shape index (κ3) is 2.24. The van der Waals surface area contributed by atoms with Gasteiger partial charge in [0.1, 0.15) is 6.10 Å². The molecule has 0 radical (unpaired) electrons. The lowest BCUT2D eigenvalue weighted by Gasteiger charge is -2.39. The van der Waals surface area contributed by atoms with E-state index in [1.165, 1.54) is 0 Å². The summed E-state index contributed by atoms with van der Waals surface area (Å²) in [5, 5.41) is 9.77. The van der Waals surface area contributed by atoms with Crippen LogP contribution in [0.5, 0.6) is 0 Å². The molecule has 0 aromatic carbocycles. The molecule has 0 aromatic heterocycles. The van der Waals surface area contributed by atoms with E-state index in [1.807, 2.05) is 0 Å². The van der Waals surface area contributed by atoms with E-state index in [9.17, 15) is 54.2 Å². The summed E-state index contributed by atoms with van der Waals surface area (Å²) in [5.41, 5.74) is -9.56. The molecule has 3 aliphatic rings. The molecule has 14 heteroatoms. The first kappa shape index (κ1) is 20.0. The monoisotopic (exact) mass is 416 g/mol. The second-order valence-electron chi connectivity index (χ2n) is 6.70. The molecule has 2 saturated carbocycles. The summed E-state index contributed by atoms with van der Waals surface area (Å²) >= 11 is 0. The van der Waals surface area contributed by atoms with Crippen molar-refractivity contribution in [2.75, 3.05) is 0 Å². The number of ether oxygens (including phenoxy) is 2. The minimum atomic E-state index is -7.10. The highest BCUT2D eigenvalue weighted by atomic mass is 19.4. The van der Waals surface area contributed by atoms with Gasteiger partial charge in [0.25, 0.3) is 0 Å². The molecule has 0 spiro atoms. The number of hydrogen-bond donors (Lipinski definition) is 1. The average Bonchev–Trinajstić information content (AvgIpc) is 3.03. The lowest BCUT2D eigenvalue weighted by molar-refractivity contribution is -0.447. The van der Waals surface area contributed by atoms with Gasteiger partial charge in [0, 0.05) is 5.92 Å². The van der Waals surface area contributed by atoms with Crippen LogP contribution in [0.2, 0.25) is 0 Å². The maximum absolute atomic E-state index is 12.9. The number of esters is 2. The van der Waals surface area contributed by atoms with Gasteiger partial charge >= 0.3 is 36.1 Å². The van der Waals surface area contributed by atoms with Crippen LogP contribution in [0.4, 0.5) is 39.5 Å². The van der Waals surface area contributed by atoms with Crippen molar-refractivity contribution < 1.29 is 63.7 Å². The highest BCUT2D eigenvalue weighted by Crippen LogP contribution is 2.64. The Morgan fingerprint density at radius 3 is 1.93 bits per heavy atom. The zero-order chi connectivity index (χ0) is 20.8. The molecule has 5 nitrogen and oxygen atoms in total. The molecule has 2 aliphatic carbocycles. The number of alkyl halides is 9. The summed E-state index contributed by atoms with van der Waals surface area (Å²) < 4.78 is 124. The normalized spacial score (nSPS) is 36.1. The van der Waals surface area contributed by atoms with Crippen molar-refractivity contribution in [3.8, 4) is 0 Å². The highest BCUT2D eigenvalue weighted by molar-refractivity contribution is 6.03. The Labute approximate surface area is 143 Å². The first-order valence-corrected chi connectivity index (χ1v) is 7.33. The third-order valence-corrected chi connectivity index (χ3v) is 5.41. The van der Waals surface area contributed by atoms with E-state index in [-0.39, 0.29) is 6.42 Å². The van der Waals surface area contributed by atoms with Crippen molar-refractivity contribution >= 4 is 11.9 Å². The van der Waals surface area contributed by atoms with Gasteiger partial charge in [-0.1, -0.05) is 0 Å². The number of rotatable bonds is 2. The molecule has 27 heavy (non-hydrogen) atoms. The number of aliphatic hydroxyl groups is 1. The Kier molecular flexibility index (Phi) is 3.86. The number of fused-ring (bicyclic) bond motifs is 1. The smallest absolute Gasteiger partial charge is 0.447 e. The second kappa shape index (κ2) is 5.20. The molecule has 1 aliphatic heterocycles. The molecule has 0 aromatic rings. The van der Waals surface area contributed by atoms with Crippen molar-refractivity contribution in [2.45, 2.75) is 49.2 Å². The number of aliphatic hydroxyl groups excluding tert-OH is 1. The van der Waals surface area contributed by atoms with Gasteiger partial charge in [-0.05, 0) is 18.8 Å². The van der Waals surface area contributed by atoms with Crippen LogP contribution in [-0.2, 0) is 19.1 Å². The standard InChI is InChI=1S/C13H9F9O5/c14-11(15,16)10(12(17,18)19,13(20,21)22)27-8(25)9-2-3-1-4(9)6(5(3)23)26-7(9)24/h3-6,23H,1-2H2. The van der Waals surface area contributed by atoms with E-state index in [0.29, 0.717) is 0 Å². The van der Waals surface area contributed by atoms with Gasteiger partial charge in [0.05, 0.1) is 6.10 Å². The summed E-state index contributed by atoms with van der Waals surface area (Å²) in [7, 11) is 0. The van der Waals surface area contributed by atoms with E-state index < -0.39 is 71.9 Å². The molecule has 154 valence electrons. The van der Waals surface area contributed by atoms with Gasteiger partial charge in [0.15, 0.2) is 5.41 Å². The quantitative estimate of drug-likeness (QED) is 0.425. The topological polar surface area (TPSA) is 72.8 Å². The molecule has 1 N–H and O–H groups in total. The zero-order valence-corrected chi connectivity index (χ0v) is 12.7. The first-order chi connectivity index (χ1) is 12.0. The molecular formula is C13H9F9O5. The fraction of sp³-hybridized carbons (Fsp3) is 0.846. The number of carbonyl (C=O) groups is 2. The van der Waals surface area contributed by atoms with Crippen LogP contribution >= 0.6 is 0 Å². The molecule has 1 saturated heterocycles. The summed E-state index contributed by atoms with van der Waals surface area (Å²) in [5.74, 6) is -6.51. The van der Waals surface area contributed by atoms with Crippen LogP contribution < -0.4 is 0 Å². The van der Waals surface area contributed by atoms with Crippen LogP contribution in [0.15, 0.2) is 0 Å². The van der Waals surface area contributed by atoms with Crippen molar-refractivity contribution in [1.29, 1.82) is 0 Å². The maximum Gasteiger partial charge on any atom is 0.447 e. The van der Waals surface area contributed by atoms with E-state index in [2.05, 4.69) is 9.47 Å². The summed E-state index contributed by atoms with van der Waals surface area (Å²) in [6.45, 7) is 0. The predicted octanol–water partition coefficient (Wildman–Crippen LogP) is 2.27. The summed E-state index contributed by atoms with van der Waals surface area (Å²) in [4.78, 5) is 24.1. The van der Waals surface area contributed by atoms with Crippen LogP contribution in [0.3, 0.4) is 0 Å². The van der Waals surface area contributed by atoms with Crippen LogP contribution in [0.1, 0.15) is 12.8 Å². The molecular weight excluding hydrogens is 407 g/mol. The van der Waals surface area contributed by atoms with Crippen molar-refractivity contribution in [1.82, 2.24) is 0 Å². The maximum atomic E-state index is 12.9. The largest absolute Gasteiger partial charge is 0.458 e. The molecule has 1 heterocycles. The zero-order valence-electron chi connectivity index (χ0n) is 12.7. The predicted molar refractivity (Wildman–Crippen MR) is 61.5 cm³/mol. The Morgan fingerprint density at radius 1 is 1.04 bits per heavy atom. The summed E-state index contributed by atoms with van der Waals surface area (Å²) in [6, 6.07) is 0. The number of hydrogen-bond acceptors (Lipinski definition) is 5. The first-order valence-electron chi connectivity index (χ1n) is 7.33. The fourth-order valence-electron chi connectivity index (χ4n) is 4.18.